The fourth-order valence-corrected chi connectivity index (χ4v) is 10.2. The van der Waals surface area contributed by atoms with Gasteiger partial charge in [-0.05, 0) is 86.0 Å². The molecule has 5 aliphatic rings. The van der Waals surface area contributed by atoms with Gasteiger partial charge in [0.15, 0.2) is 11.6 Å². The van der Waals surface area contributed by atoms with E-state index >= 15 is 0 Å². The number of hydrogen-bond donors (Lipinski definition) is 2. The number of aliphatic hydroxyl groups excluding tert-OH is 1. The van der Waals surface area contributed by atoms with E-state index in [1.165, 1.54) is 0 Å². The molecule has 3 fully saturated rings. The standard InChI is InChI=1S/C21H31O8P.C16H13ClN2O.2Na/c1-19-7-5-13(22)9-12(19)3-4-14-15-6-8-21(25,17(24)11-29-30(26,27)28)20(15,2)10-16(23)18(14)19;1-19-14-8-7-12(17)9-13(14)16(18-10-15(19)20)11-5-3-2-4-6-11;;/h9,14-16,18,23,25H,3-8,10-11H2,1-2H3,(H2,26,27,28);2-9H,10H2,1H3;;/q;;2*+1/p-2/t14-,15-,16-,18+,19-,20-,21-;;;/m0.../s1. The normalized spacial score (nSPS) is 32.1. The molecule has 2 N–H and O–H groups in total. The second-order valence-corrected chi connectivity index (χ2v) is 16.4. The Bertz CT molecular complexity index is 1820. The minimum atomic E-state index is -5.33. The predicted octanol–water partition coefficient (Wildman–Crippen LogP) is -2.20. The van der Waals surface area contributed by atoms with E-state index in [1.807, 2.05) is 42.5 Å². The van der Waals surface area contributed by atoms with Crippen LogP contribution in [0.3, 0.4) is 0 Å². The number of rotatable bonds is 5. The molecule has 1 heterocycles. The Hall–Kier alpha value is -1.02. The molecule has 0 unspecified atom stereocenters. The van der Waals surface area contributed by atoms with Crippen molar-refractivity contribution in [2.75, 3.05) is 25.1 Å². The number of benzodiazepines with no additional fused rings is 1. The largest absolute Gasteiger partial charge is 1.00 e. The van der Waals surface area contributed by atoms with Gasteiger partial charge in [0.2, 0.25) is 5.91 Å². The summed E-state index contributed by atoms with van der Waals surface area (Å²) >= 11 is 6.11. The fraction of sp³-hybridized carbons (Fsp3) is 0.514. The number of benzene rings is 2. The number of halogens is 1. The van der Waals surface area contributed by atoms with Crippen LogP contribution >= 0.6 is 19.4 Å². The maximum Gasteiger partial charge on any atom is 1.00 e. The Morgan fingerprint density at radius 1 is 1.08 bits per heavy atom. The minimum Gasteiger partial charge on any atom is -0.790 e. The molecular formula is C37H42ClN2Na2O9P. The van der Waals surface area contributed by atoms with E-state index in [9.17, 15) is 38.9 Å². The minimum absolute atomic E-state index is 0. The number of amides is 1. The van der Waals surface area contributed by atoms with Crippen molar-refractivity contribution in [1.29, 1.82) is 0 Å². The van der Waals surface area contributed by atoms with Crippen LogP contribution in [-0.4, -0.2) is 65.3 Å². The van der Waals surface area contributed by atoms with Crippen LogP contribution in [0, 0.1) is 28.6 Å². The van der Waals surface area contributed by atoms with Crippen LogP contribution in [0.5, 0.6) is 0 Å². The molecule has 268 valence electrons. The maximum atomic E-state index is 12.8. The zero-order valence-electron chi connectivity index (χ0n) is 30.3. The smallest absolute Gasteiger partial charge is 0.790 e. The zero-order chi connectivity index (χ0) is 36.2. The van der Waals surface area contributed by atoms with Gasteiger partial charge in [-0.2, -0.15) is 0 Å². The van der Waals surface area contributed by atoms with E-state index in [1.54, 1.807) is 31.0 Å². The monoisotopic (exact) mass is 770 g/mol. The van der Waals surface area contributed by atoms with Crippen molar-refractivity contribution < 1.29 is 103 Å². The average Bonchev–Trinajstić information content (AvgIpc) is 3.27. The van der Waals surface area contributed by atoms with Gasteiger partial charge in [-0.25, -0.2) is 0 Å². The molecule has 4 aliphatic carbocycles. The molecule has 7 rings (SSSR count). The van der Waals surface area contributed by atoms with Gasteiger partial charge < -0.3 is 34.0 Å². The summed E-state index contributed by atoms with van der Waals surface area (Å²) < 4.78 is 15.0. The third-order valence-electron chi connectivity index (χ3n) is 12.2. The number of Topliss-reactive ketones (excluding diaryl/α,β-unsaturated/α-hetero) is 1. The van der Waals surface area contributed by atoms with Crippen LogP contribution in [-0.2, 0) is 23.5 Å². The van der Waals surface area contributed by atoms with Gasteiger partial charge in [0, 0.05) is 35.0 Å². The first-order valence-electron chi connectivity index (χ1n) is 17.0. The number of ketones is 2. The number of anilines is 1. The van der Waals surface area contributed by atoms with Gasteiger partial charge in [-0.3, -0.25) is 19.4 Å². The van der Waals surface area contributed by atoms with Crippen molar-refractivity contribution in [3.05, 3.63) is 76.3 Å². The van der Waals surface area contributed by atoms with Gasteiger partial charge in [-0.15, -0.1) is 0 Å². The van der Waals surface area contributed by atoms with Gasteiger partial charge in [0.25, 0.3) is 0 Å². The summed E-state index contributed by atoms with van der Waals surface area (Å²) in [6.45, 7) is 3.06. The second-order valence-electron chi connectivity index (χ2n) is 14.8. The van der Waals surface area contributed by atoms with Crippen molar-refractivity contribution in [2.24, 2.45) is 33.6 Å². The summed E-state index contributed by atoms with van der Waals surface area (Å²) in [5.41, 5.74) is 1.55. The van der Waals surface area contributed by atoms with Gasteiger partial charge in [0.1, 0.15) is 18.8 Å². The van der Waals surface area contributed by atoms with Crippen molar-refractivity contribution in [3.63, 3.8) is 0 Å². The topological polar surface area (TPSA) is 180 Å². The molecule has 1 amide bonds. The summed E-state index contributed by atoms with van der Waals surface area (Å²) in [5, 5.41) is 23.2. The molecule has 2 aromatic carbocycles. The maximum absolute atomic E-state index is 12.8. The summed E-state index contributed by atoms with van der Waals surface area (Å²) in [7, 11) is -3.57. The number of phosphoric acid groups is 1. The third kappa shape index (κ3) is 8.10. The van der Waals surface area contributed by atoms with Crippen LogP contribution in [0.2, 0.25) is 5.02 Å². The number of allylic oxidation sites excluding steroid dienone is 1. The van der Waals surface area contributed by atoms with E-state index in [0.29, 0.717) is 24.3 Å². The van der Waals surface area contributed by atoms with Gasteiger partial charge >= 0.3 is 59.1 Å². The van der Waals surface area contributed by atoms with Crippen LogP contribution in [0.1, 0.15) is 69.9 Å². The van der Waals surface area contributed by atoms with Crippen LogP contribution in [0.15, 0.2) is 65.2 Å². The second kappa shape index (κ2) is 16.6. The molecule has 0 radical (unpaired) electrons. The molecule has 3 saturated carbocycles. The predicted molar refractivity (Wildman–Crippen MR) is 183 cm³/mol. The Labute approximate surface area is 353 Å². The van der Waals surface area contributed by atoms with Crippen LogP contribution in [0.4, 0.5) is 5.69 Å². The molecule has 0 spiro atoms. The Morgan fingerprint density at radius 2 is 1.77 bits per heavy atom. The summed E-state index contributed by atoms with van der Waals surface area (Å²) in [4.78, 5) is 64.4. The molecule has 11 nitrogen and oxygen atoms in total. The van der Waals surface area contributed by atoms with Crippen molar-refractivity contribution in [2.45, 2.75) is 70.5 Å². The first-order valence-corrected chi connectivity index (χ1v) is 18.8. The van der Waals surface area contributed by atoms with E-state index in [2.05, 4.69) is 16.4 Å². The van der Waals surface area contributed by atoms with Gasteiger partial charge in [-0.1, -0.05) is 61.4 Å². The number of phosphoric ester groups is 1. The zero-order valence-corrected chi connectivity index (χ0v) is 36.0. The molecule has 1 aliphatic heterocycles. The van der Waals surface area contributed by atoms with Crippen molar-refractivity contribution in [1.82, 2.24) is 0 Å². The van der Waals surface area contributed by atoms with E-state index in [-0.39, 0.29) is 113 Å². The Kier molecular flexibility index (Phi) is 14.0. The first kappa shape index (κ1) is 43.7. The number of aliphatic hydroxyl groups is 2. The SMILES string of the molecule is CN1C(=O)CN=C(c2ccccc2)c2cc(Cl)ccc21.C[C@]12CCC(=O)C=C1CC[C@@H]1[C@@H]2[C@@H](O)C[C@@]2(C)[C@H]1CC[C@]2(O)C(=O)COP(=O)([O-])[O-].[Na+].[Na+]. The Morgan fingerprint density at radius 3 is 2.44 bits per heavy atom. The molecule has 2 aromatic rings. The van der Waals surface area contributed by atoms with Crippen LogP contribution in [0.25, 0.3) is 0 Å². The quantitative estimate of drug-likeness (QED) is 0.252. The first-order chi connectivity index (χ1) is 23.5. The molecular weight excluding hydrogens is 729 g/mol. The van der Waals surface area contributed by atoms with Crippen molar-refractivity contribution in [3.8, 4) is 0 Å². The molecule has 0 bridgehead atoms. The van der Waals surface area contributed by atoms with Crippen LogP contribution < -0.4 is 73.8 Å². The number of carbonyl (C=O) groups excluding carboxylic acids is 3. The molecule has 0 aromatic heterocycles. The van der Waals surface area contributed by atoms with Crippen molar-refractivity contribution >= 4 is 48.3 Å². The summed E-state index contributed by atoms with van der Waals surface area (Å²) in [5.74, 6) is -0.716. The van der Waals surface area contributed by atoms with E-state index in [0.717, 1.165) is 40.9 Å². The van der Waals surface area contributed by atoms with Gasteiger partial charge in [0.05, 0.1) is 25.3 Å². The third-order valence-corrected chi connectivity index (χ3v) is 12.9. The fourth-order valence-electron chi connectivity index (χ4n) is 9.71. The van der Waals surface area contributed by atoms with E-state index < -0.39 is 37.3 Å². The molecule has 15 heteroatoms. The molecule has 52 heavy (non-hydrogen) atoms. The molecule has 0 saturated heterocycles. The number of hydrogen-bond acceptors (Lipinski definition) is 10. The number of carbonyl (C=O) groups is 3. The number of nitrogens with zero attached hydrogens (tertiary/aromatic N) is 2. The summed E-state index contributed by atoms with van der Waals surface area (Å²) in [6.07, 6.45) is 4.59. The molecule has 7 atom stereocenters. The number of fused-ring (bicyclic) bond motifs is 6. The average molecular weight is 771 g/mol. The van der Waals surface area contributed by atoms with E-state index in [4.69, 9.17) is 11.6 Å². The number of likely N-dealkylation sites (N-methyl/N-ethyl adjacent to an activating group) is 1. The Balaban J connectivity index is 0.000000241. The summed E-state index contributed by atoms with van der Waals surface area (Å²) in [6, 6.07) is 15.3. The number of aliphatic imine (C=N–C) groups is 1.